The minimum atomic E-state index is 0.0977. The predicted molar refractivity (Wildman–Crippen MR) is 124 cm³/mol. The Bertz CT molecular complexity index is 1250. The molecule has 0 saturated heterocycles. The van der Waals surface area contributed by atoms with E-state index in [-0.39, 0.29) is 5.75 Å². The Morgan fingerprint density at radius 2 is 1.69 bits per heavy atom. The van der Waals surface area contributed by atoms with E-state index < -0.39 is 0 Å². The van der Waals surface area contributed by atoms with Crippen LogP contribution in [0.4, 0.5) is 0 Å². The first kappa shape index (κ1) is 21.3. The molecule has 6 heteroatoms. The van der Waals surface area contributed by atoms with Gasteiger partial charge in [-0.3, -0.25) is 5.10 Å². The summed E-state index contributed by atoms with van der Waals surface area (Å²) in [6.45, 7) is 4.43. The number of aryl methyl sites for hydroxylation is 2. The number of hydrogen-bond acceptors (Lipinski definition) is 5. The van der Waals surface area contributed by atoms with E-state index in [1.807, 2.05) is 55.5 Å². The highest BCUT2D eigenvalue weighted by Gasteiger charge is 2.19. The van der Waals surface area contributed by atoms with Crippen LogP contribution in [0.25, 0.3) is 22.4 Å². The molecule has 0 saturated carbocycles. The highest BCUT2D eigenvalue weighted by molar-refractivity contribution is 5.86. The van der Waals surface area contributed by atoms with Crippen molar-refractivity contribution in [2.45, 2.75) is 20.5 Å². The van der Waals surface area contributed by atoms with Gasteiger partial charge in [-0.25, -0.2) is 0 Å². The molecule has 3 aromatic carbocycles. The van der Waals surface area contributed by atoms with E-state index in [1.165, 1.54) is 5.56 Å². The highest BCUT2D eigenvalue weighted by atomic mass is 16.5. The van der Waals surface area contributed by atoms with Gasteiger partial charge in [-0.2, -0.15) is 5.10 Å². The first-order chi connectivity index (χ1) is 15.5. The number of phenolic OH excluding ortho intramolecular Hbond substituents is 1. The van der Waals surface area contributed by atoms with Crippen molar-refractivity contribution < 1.29 is 19.3 Å². The number of aromatic nitrogens is 2. The summed E-state index contributed by atoms with van der Waals surface area (Å²) in [6, 6.07) is 19.1. The SMILES string of the molecule is COc1ccc(-c2c(-c3ccc(OCc4ccccc4C)cc3O)n[nH]c2C)cc1OC. The summed E-state index contributed by atoms with van der Waals surface area (Å²) >= 11 is 0. The van der Waals surface area contributed by atoms with Gasteiger partial charge in [0, 0.05) is 22.9 Å². The summed E-state index contributed by atoms with van der Waals surface area (Å²) in [4.78, 5) is 0. The van der Waals surface area contributed by atoms with E-state index in [0.717, 1.165) is 22.4 Å². The molecule has 0 aliphatic heterocycles. The van der Waals surface area contributed by atoms with Gasteiger partial charge in [0.1, 0.15) is 23.8 Å². The number of aromatic amines is 1. The Hall–Kier alpha value is -3.93. The zero-order valence-corrected chi connectivity index (χ0v) is 18.6. The van der Waals surface area contributed by atoms with Crippen molar-refractivity contribution in [3.63, 3.8) is 0 Å². The van der Waals surface area contributed by atoms with Crippen molar-refractivity contribution in [3.05, 3.63) is 77.5 Å². The molecule has 0 aliphatic rings. The van der Waals surface area contributed by atoms with Crippen molar-refractivity contribution >= 4 is 0 Å². The van der Waals surface area contributed by atoms with Gasteiger partial charge in [0.25, 0.3) is 0 Å². The molecule has 164 valence electrons. The van der Waals surface area contributed by atoms with Crippen molar-refractivity contribution in [2.75, 3.05) is 14.2 Å². The minimum Gasteiger partial charge on any atom is -0.507 e. The van der Waals surface area contributed by atoms with E-state index in [4.69, 9.17) is 14.2 Å². The van der Waals surface area contributed by atoms with Crippen LogP contribution in [0.15, 0.2) is 60.7 Å². The Kier molecular flexibility index (Phi) is 6.03. The summed E-state index contributed by atoms with van der Waals surface area (Å²) < 4.78 is 16.7. The van der Waals surface area contributed by atoms with Crippen LogP contribution in [-0.2, 0) is 6.61 Å². The zero-order valence-electron chi connectivity index (χ0n) is 18.6. The number of ether oxygens (including phenoxy) is 3. The van der Waals surface area contributed by atoms with Crippen LogP contribution < -0.4 is 14.2 Å². The third-order valence-electron chi connectivity index (χ3n) is 5.50. The quantitative estimate of drug-likeness (QED) is 0.395. The van der Waals surface area contributed by atoms with Gasteiger partial charge in [-0.1, -0.05) is 30.3 Å². The second kappa shape index (κ2) is 9.06. The van der Waals surface area contributed by atoms with Gasteiger partial charge < -0.3 is 19.3 Å². The molecule has 0 fully saturated rings. The lowest BCUT2D eigenvalue weighted by molar-refractivity contribution is 0.303. The first-order valence-electron chi connectivity index (χ1n) is 10.3. The highest BCUT2D eigenvalue weighted by Crippen LogP contribution is 2.41. The van der Waals surface area contributed by atoms with Gasteiger partial charge in [0.15, 0.2) is 11.5 Å². The lowest BCUT2D eigenvalue weighted by atomic mass is 9.98. The summed E-state index contributed by atoms with van der Waals surface area (Å²) in [5.41, 5.74) is 6.21. The molecule has 1 heterocycles. The van der Waals surface area contributed by atoms with Gasteiger partial charge >= 0.3 is 0 Å². The number of methoxy groups -OCH3 is 2. The van der Waals surface area contributed by atoms with E-state index in [9.17, 15) is 5.11 Å². The lowest BCUT2D eigenvalue weighted by Crippen LogP contribution is -1.97. The molecule has 0 aliphatic carbocycles. The van der Waals surface area contributed by atoms with Crippen molar-refractivity contribution in [2.24, 2.45) is 0 Å². The minimum absolute atomic E-state index is 0.0977. The van der Waals surface area contributed by atoms with Crippen LogP contribution >= 0.6 is 0 Å². The molecule has 0 unspecified atom stereocenters. The van der Waals surface area contributed by atoms with Gasteiger partial charge in [-0.15, -0.1) is 0 Å². The van der Waals surface area contributed by atoms with Crippen molar-refractivity contribution in [3.8, 4) is 45.4 Å². The number of H-pyrrole nitrogens is 1. The van der Waals surface area contributed by atoms with Crippen LogP contribution in [-0.4, -0.2) is 29.5 Å². The third kappa shape index (κ3) is 4.12. The number of rotatable bonds is 7. The molecule has 0 atom stereocenters. The van der Waals surface area contributed by atoms with Crippen LogP contribution in [0.2, 0.25) is 0 Å². The molecule has 0 radical (unpaired) electrons. The molecule has 0 spiro atoms. The molecule has 2 N–H and O–H groups in total. The van der Waals surface area contributed by atoms with Crippen LogP contribution in [0.5, 0.6) is 23.0 Å². The Balaban J connectivity index is 1.65. The monoisotopic (exact) mass is 430 g/mol. The Morgan fingerprint density at radius 3 is 2.41 bits per heavy atom. The van der Waals surface area contributed by atoms with E-state index in [0.29, 0.717) is 35.1 Å². The number of nitrogens with zero attached hydrogens (tertiary/aromatic N) is 1. The maximum absolute atomic E-state index is 10.8. The van der Waals surface area contributed by atoms with E-state index in [2.05, 4.69) is 23.2 Å². The van der Waals surface area contributed by atoms with Gasteiger partial charge in [0.2, 0.25) is 0 Å². The second-order valence-corrected chi connectivity index (χ2v) is 7.54. The lowest BCUT2D eigenvalue weighted by Gasteiger charge is -2.12. The standard InChI is InChI=1S/C26H26N2O4/c1-16-7-5-6-8-19(16)15-32-20-10-11-21(22(29)14-20)26-25(17(2)27-28-26)18-9-12-23(30-3)24(13-18)31-4/h5-14,29H,15H2,1-4H3,(H,27,28). The summed E-state index contributed by atoms with van der Waals surface area (Å²) in [6.07, 6.45) is 0. The summed E-state index contributed by atoms with van der Waals surface area (Å²) in [7, 11) is 3.21. The van der Waals surface area contributed by atoms with Crippen LogP contribution in [0, 0.1) is 13.8 Å². The van der Waals surface area contributed by atoms with Crippen LogP contribution in [0.1, 0.15) is 16.8 Å². The molecule has 4 aromatic rings. The molecular formula is C26H26N2O4. The molecule has 32 heavy (non-hydrogen) atoms. The number of hydrogen-bond donors (Lipinski definition) is 2. The predicted octanol–water partition coefficient (Wildman–Crippen LogP) is 5.66. The Labute approximate surface area is 187 Å². The third-order valence-corrected chi connectivity index (χ3v) is 5.50. The maximum atomic E-state index is 10.8. The first-order valence-corrected chi connectivity index (χ1v) is 10.3. The number of phenols is 1. The largest absolute Gasteiger partial charge is 0.507 e. The van der Waals surface area contributed by atoms with Crippen molar-refractivity contribution in [1.82, 2.24) is 10.2 Å². The fourth-order valence-electron chi connectivity index (χ4n) is 3.70. The molecule has 1 aromatic heterocycles. The van der Waals surface area contributed by atoms with Gasteiger partial charge in [0.05, 0.1) is 14.2 Å². The van der Waals surface area contributed by atoms with Crippen molar-refractivity contribution in [1.29, 1.82) is 0 Å². The average Bonchev–Trinajstić information content (AvgIpc) is 3.19. The summed E-state index contributed by atoms with van der Waals surface area (Å²) in [5, 5.41) is 18.3. The van der Waals surface area contributed by atoms with E-state index in [1.54, 1.807) is 20.3 Å². The molecule has 0 bridgehead atoms. The van der Waals surface area contributed by atoms with E-state index >= 15 is 0 Å². The second-order valence-electron chi connectivity index (χ2n) is 7.54. The zero-order chi connectivity index (χ0) is 22.7. The maximum Gasteiger partial charge on any atom is 0.161 e. The summed E-state index contributed by atoms with van der Waals surface area (Å²) in [5.74, 6) is 1.97. The van der Waals surface area contributed by atoms with Crippen LogP contribution in [0.3, 0.4) is 0 Å². The molecule has 6 nitrogen and oxygen atoms in total. The fraction of sp³-hybridized carbons (Fsp3) is 0.192. The number of nitrogens with one attached hydrogen (secondary N) is 1. The topological polar surface area (TPSA) is 76.6 Å². The molecule has 0 amide bonds. The average molecular weight is 431 g/mol. The van der Waals surface area contributed by atoms with Gasteiger partial charge in [-0.05, 0) is 54.8 Å². The molecular weight excluding hydrogens is 404 g/mol. The molecule has 4 rings (SSSR count). The number of aromatic hydroxyl groups is 1. The fourth-order valence-corrected chi connectivity index (χ4v) is 3.70. The normalized spacial score (nSPS) is 10.8. The Morgan fingerprint density at radius 1 is 0.906 bits per heavy atom. The number of benzene rings is 3. The smallest absolute Gasteiger partial charge is 0.161 e.